The third kappa shape index (κ3) is 2.53. The summed E-state index contributed by atoms with van der Waals surface area (Å²) in [6.45, 7) is 2.52. The van der Waals surface area contributed by atoms with Crippen LogP contribution in [-0.2, 0) is 12.8 Å². The molecule has 1 atom stereocenters. The first-order valence-corrected chi connectivity index (χ1v) is 8.81. The molecule has 0 spiro atoms. The van der Waals surface area contributed by atoms with Crippen LogP contribution in [0.1, 0.15) is 47.9 Å². The molecule has 0 radical (unpaired) electrons. The first-order chi connectivity index (χ1) is 11.6. The smallest absolute Gasteiger partial charge is 0.272 e. The number of amides is 1. The lowest BCUT2D eigenvalue weighted by Crippen LogP contribution is -2.53. The van der Waals surface area contributed by atoms with E-state index in [2.05, 4.69) is 17.3 Å². The van der Waals surface area contributed by atoms with Gasteiger partial charge >= 0.3 is 0 Å². The Bertz CT molecular complexity index is 763. The third-order valence-electron chi connectivity index (χ3n) is 5.45. The molecule has 1 heterocycles. The van der Waals surface area contributed by atoms with Crippen LogP contribution in [0.15, 0.2) is 30.3 Å². The highest BCUT2D eigenvalue weighted by Gasteiger charge is 2.42. The number of benzene rings is 1. The predicted molar refractivity (Wildman–Crippen MR) is 93.2 cm³/mol. The van der Waals surface area contributed by atoms with Crippen molar-refractivity contribution in [3.8, 4) is 5.69 Å². The van der Waals surface area contributed by atoms with Crippen LogP contribution >= 0.6 is 0 Å². The number of aromatic nitrogens is 2. The third-order valence-corrected chi connectivity index (χ3v) is 5.45. The van der Waals surface area contributed by atoms with Gasteiger partial charge in [0.15, 0.2) is 5.69 Å². The minimum atomic E-state index is -0.320. The number of nitrogens with zero attached hydrogens (tertiary/aromatic N) is 2. The Labute approximate surface area is 142 Å². The summed E-state index contributed by atoms with van der Waals surface area (Å²) in [6, 6.07) is 10.0. The van der Waals surface area contributed by atoms with Crippen molar-refractivity contribution in [1.29, 1.82) is 0 Å². The van der Waals surface area contributed by atoms with Gasteiger partial charge in [-0.1, -0.05) is 18.2 Å². The molecule has 3 N–H and O–H groups in total. The Morgan fingerprint density at radius 2 is 2.08 bits per heavy atom. The molecule has 2 aromatic rings. The molecule has 1 amide bonds. The predicted octanol–water partition coefficient (Wildman–Crippen LogP) is 2.22. The minimum Gasteiger partial charge on any atom is -0.344 e. The van der Waals surface area contributed by atoms with Crippen molar-refractivity contribution in [2.45, 2.75) is 44.6 Å². The fraction of sp³-hybridized carbons (Fsp3) is 0.474. The molecule has 2 aliphatic rings. The summed E-state index contributed by atoms with van der Waals surface area (Å²) >= 11 is 0. The van der Waals surface area contributed by atoms with Crippen LogP contribution in [0.5, 0.6) is 0 Å². The monoisotopic (exact) mass is 324 g/mol. The lowest BCUT2D eigenvalue weighted by molar-refractivity contribution is 0.0891. The molecule has 5 heteroatoms. The molecule has 0 saturated heterocycles. The molecule has 2 aliphatic carbocycles. The summed E-state index contributed by atoms with van der Waals surface area (Å²) in [7, 11) is 0. The van der Waals surface area contributed by atoms with Crippen molar-refractivity contribution in [3.05, 3.63) is 47.3 Å². The summed E-state index contributed by atoms with van der Waals surface area (Å²) in [5, 5.41) is 7.84. The lowest BCUT2D eigenvalue weighted by atomic mass is 9.95. The molecule has 1 saturated carbocycles. The maximum absolute atomic E-state index is 12.9. The van der Waals surface area contributed by atoms with Gasteiger partial charge in [-0.25, -0.2) is 4.68 Å². The molecular weight excluding hydrogens is 300 g/mol. The number of nitrogens with one attached hydrogen (secondary N) is 1. The quantitative estimate of drug-likeness (QED) is 0.886. The molecule has 1 aromatic carbocycles. The normalized spacial score (nSPS) is 18.9. The van der Waals surface area contributed by atoms with Gasteiger partial charge < -0.3 is 11.1 Å². The number of rotatable bonds is 5. The highest BCUT2D eigenvalue weighted by atomic mass is 16.2. The van der Waals surface area contributed by atoms with Gasteiger partial charge in [-0.2, -0.15) is 5.10 Å². The van der Waals surface area contributed by atoms with Crippen LogP contribution in [0.25, 0.3) is 5.69 Å². The average Bonchev–Trinajstić information content (AvgIpc) is 3.25. The molecular formula is C19H24N4O. The van der Waals surface area contributed by atoms with Gasteiger partial charge in [-0.15, -0.1) is 0 Å². The first kappa shape index (κ1) is 15.4. The van der Waals surface area contributed by atoms with Crippen molar-refractivity contribution >= 4 is 5.91 Å². The number of carbonyl (C=O) groups excluding carboxylic acids is 1. The van der Waals surface area contributed by atoms with E-state index in [1.165, 1.54) is 5.69 Å². The zero-order chi connectivity index (χ0) is 16.7. The Balaban J connectivity index is 1.67. The van der Waals surface area contributed by atoms with Crippen LogP contribution in [0.4, 0.5) is 0 Å². The Kier molecular flexibility index (Phi) is 3.68. The molecule has 1 fully saturated rings. The summed E-state index contributed by atoms with van der Waals surface area (Å²) in [5.41, 5.74) is 9.49. The van der Waals surface area contributed by atoms with Crippen molar-refractivity contribution in [2.24, 2.45) is 11.7 Å². The molecule has 24 heavy (non-hydrogen) atoms. The molecule has 1 aromatic heterocycles. The summed E-state index contributed by atoms with van der Waals surface area (Å²) in [6.07, 6.45) is 5.27. The Hall–Kier alpha value is -2.14. The van der Waals surface area contributed by atoms with E-state index >= 15 is 0 Å². The lowest BCUT2D eigenvalue weighted by Gasteiger charge is -2.29. The topological polar surface area (TPSA) is 72.9 Å². The Morgan fingerprint density at radius 3 is 2.75 bits per heavy atom. The van der Waals surface area contributed by atoms with E-state index in [0.29, 0.717) is 18.2 Å². The number of hydrogen-bond donors (Lipinski definition) is 2. The summed E-state index contributed by atoms with van der Waals surface area (Å²) in [4.78, 5) is 12.9. The fourth-order valence-electron chi connectivity index (χ4n) is 3.76. The van der Waals surface area contributed by atoms with E-state index in [0.717, 1.165) is 43.4 Å². The van der Waals surface area contributed by atoms with Gasteiger partial charge in [0.25, 0.3) is 5.91 Å². The van der Waals surface area contributed by atoms with Gasteiger partial charge in [0.2, 0.25) is 0 Å². The maximum Gasteiger partial charge on any atom is 0.272 e. The zero-order valence-electron chi connectivity index (χ0n) is 14.1. The van der Waals surface area contributed by atoms with Crippen LogP contribution in [0.2, 0.25) is 0 Å². The summed E-state index contributed by atoms with van der Waals surface area (Å²) in [5.74, 6) is 0.415. The number of nitrogens with two attached hydrogens (primary N) is 1. The standard InChI is InChI=1S/C19H24N4O/c1-19(12-20,13-10-11-13)21-18(24)17-15-8-5-9-16(15)23(22-17)14-6-3-2-4-7-14/h2-4,6-7,13H,5,8-12,20H2,1H3,(H,21,24). The van der Waals surface area contributed by atoms with Crippen molar-refractivity contribution < 1.29 is 4.79 Å². The van der Waals surface area contributed by atoms with Crippen LogP contribution < -0.4 is 11.1 Å². The number of para-hydroxylation sites is 1. The minimum absolute atomic E-state index is 0.0809. The second-order valence-corrected chi connectivity index (χ2v) is 7.22. The van der Waals surface area contributed by atoms with E-state index in [4.69, 9.17) is 5.73 Å². The molecule has 4 rings (SSSR count). The first-order valence-electron chi connectivity index (χ1n) is 8.81. The van der Waals surface area contributed by atoms with Gasteiger partial charge in [-0.3, -0.25) is 4.79 Å². The SMILES string of the molecule is CC(CN)(NC(=O)c1nn(-c2ccccc2)c2c1CCC2)C1CC1. The summed E-state index contributed by atoms with van der Waals surface area (Å²) < 4.78 is 1.94. The molecule has 5 nitrogen and oxygen atoms in total. The number of fused-ring (bicyclic) bond motifs is 1. The highest BCUT2D eigenvalue weighted by molar-refractivity contribution is 5.95. The molecule has 0 aliphatic heterocycles. The van der Waals surface area contributed by atoms with Crippen LogP contribution in [0, 0.1) is 5.92 Å². The zero-order valence-corrected chi connectivity index (χ0v) is 14.1. The van der Waals surface area contributed by atoms with Crippen molar-refractivity contribution in [1.82, 2.24) is 15.1 Å². The van der Waals surface area contributed by atoms with E-state index in [1.807, 2.05) is 35.0 Å². The highest BCUT2D eigenvalue weighted by Crippen LogP contribution is 2.39. The van der Waals surface area contributed by atoms with Crippen molar-refractivity contribution in [2.75, 3.05) is 6.54 Å². The molecule has 126 valence electrons. The average molecular weight is 324 g/mol. The van der Waals surface area contributed by atoms with Gasteiger partial charge in [-0.05, 0) is 57.1 Å². The number of carbonyl (C=O) groups is 1. The van der Waals surface area contributed by atoms with E-state index in [-0.39, 0.29) is 11.4 Å². The second-order valence-electron chi connectivity index (χ2n) is 7.22. The molecule has 0 bridgehead atoms. The Morgan fingerprint density at radius 1 is 1.33 bits per heavy atom. The van der Waals surface area contributed by atoms with E-state index in [9.17, 15) is 4.79 Å². The maximum atomic E-state index is 12.9. The fourth-order valence-corrected chi connectivity index (χ4v) is 3.76. The molecule has 1 unspecified atom stereocenters. The second kappa shape index (κ2) is 5.74. The van der Waals surface area contributed by atoms with E-state index in [1.54, 1.807) is 0 Å². The van der Waals surface area contributed by atoms with Crippen LogP contribution in [-0.4, -0.2) is 27.8 Å². The van der Waals surface area contributed by atoms with Crippen LogP contribution in [0.3, 0.4) is 0 Å². The van der Waals surface area contributed by atoms with E-state index < -0.39 is 0 Å². The van der Waals surface area contributed by atoms with Gasteiger partial charge in [0, 0.05) is 17.8 Å². The van der Waals surface area contributed by atoms with Crippen molar-refractivity contribution in [3.63, 3.8) is 0 Å². The van der Waals surface area contributed by atoms with Gasteiger partial charge in [0.1, 0.15) is 0 Å². The number of hydrogen-bond acceptors (Lipinski definition) is 3. The van der Waals surface area contributed by atoms with Gasteiger partial charge in [0.05, 0.1) is 11.2 Å². The largest absolute Gasteiger partial charge is 0.344 e.